The van der Waals surface area contributed by atoms with Crippen LogP contribution in [0.1, 0.15) is 22.5 Å². The molecule has 0 saturated heterocycles. The molecule has 0 aliphatic rings. The molecule has 0 aromatic carbocycles. The van der Waals surface area contributed by atoms with Crippen LogP contribution in [0.5, 0.6) is 0 Å². The largest absolute Gasteiger partial charge is 0.417 e. The predicted octanol–water partition coefficient (Wildman–Crippen LogP) is 4.35. The van der Waals surface area contributed by atoms with Gasteiger partial charge in [0.2, 0.25) is 0 Å². The van der Waals surface area contributed by atoms with Gasteiger partial charge in [-0.2, -0.15) is 18.3 Å². The lowest BCUT2D eigenvalue weighted by Gasteiger charge is -2.08. The fourth-order valence-corrected chi connectivity index (χ4v) is 2.60. The van der Waals surface area contributed by atoms with Crippen molar-refractivity contribution < 1.29 is 13.2 Å². The van der Waals surface area contributed by atoms with E-state index in [4.69, 9.17) is 0 Å². The van der Waals surface area contributed by atoms with E-state index >= 15 is 0 Å². The van der Waals surface area contributed by atoms with E-state index < -0.39 is 11.7 Å². The lowest BCUT2D eigenvalue weighted by Crippen LogP contribution is -2.05. The summed E-state index contributed by atoms with van der Waals surface area (Å²) in [6.45, 7) is 3.93. The highest BCUT2D eigenvalue weighted by Gasteiger charge is 2.30. The molecular weight excluding hydrogens is 343 g/mol. The summed E-state index contributed by atoms with van der Waals surface area (Å²) < 4.78 is 39.6. The molecule has 134 valence electrons. The van der Waals surface area contributed by atoms with E-state index in [-0.39, 0.29) is 5.82 Å². The monoisotopic (exact) mass is 359 g/mol. The molecule has 1 N–H and O–H groups in total. The Hall–Kier alpha value is -3.16. The molecule has 3 aromatic rings. The number of hydrazone groups is 1. The number of hydrogen-bond donors (Lipinski definition) is 1. The van der Waals surface area contributed by atoms with Crippen LogP contribution in [0.25, 0.3) is 5.69 Å². The van der Waals surface area contributed by atoms with Crippen molar-refractivity contribution in [3.05, 3.63) is 71.4 Å². The van der Waals surface area contributed by atoms with Gasteiger partial charge >= 0.3 is 6.18 Å². The van der Waals surface area contributed by atoms with E-state index in [9.17, 15) is 13.2 Å². The van der Waals surface area contributed by atoms with Crippen molar-refractivity contribution in [1.29, 1.82) is 0 Å². The first-order valence-corrected chi connectivity index (χ1v) is 7.78. The minimum Gasteiger partial charge on any atom is -0.316 e. The molecule has 0 atom stereocenters. The number of nitrogens with zero attached hydrogens (tertiary/aromatic N) is 4. The Morgan fingerprint density at radius 3 is 2.58 bits per heavy atom. The molecule has 26 heavy (non-hydrogen) atoms. The Morgan fingerprint density at radius 2 is 1.96 bits per heavy atom. The fraction of sp³-hybridized carbons (Fsp3) is 0.167. The highest BCUT2D eigenvalue weighted by atomic mass is 19.4. The van der Waals surface area contributed by atoms with E-state index in [1.54, 1.807) is 18.6 Å². The molecule has 0 unspecified atom stereocenters. The molecule has 5 nitrogen and oxygen atoms in total. The van der Waals surface area contributed by atoms with Gasteiger partial charge in [-0.15, -0.1) is 0 Å². The summed E-state index contributed by atoms with van der Waals surface area (Å²) in [5, 5.41) is 4.06. The Kier molecular flexibility index (Phi) is 4.75. The van der Waals surface area contributed by atoms with Gasteiger partial charge in [0.15, 0.2) is 0 Å². The van der Waals surface area contributed by atoms with Crippen molar-refractivity contribution in [2.24, 2.45) is 5.10 Å². The van der Waals surface area contributed by atoms with Crippen molar-refractivity contribution >= 4 is 12.0 Å². The molecule has 0 aliphatic heterocycles. The first-order chi connectivity index (χ1) is 12.4. The molecule has 8 heteroatoms. The van der Waals surface area contributed by atoms with E-state index in [0.29, 0.717) is 0 Å². The molecule has 3 aromatic heterocycles. The molecule has 3 heterocycles. The Morgan fingerprint density at radius 1 is 1.15 bits per heavy atom. The zero-order valence-corrected chi connectivity index (χ0v) is 14.1. The number of aromatic nitrogens is 3. The van der Waals surface area contributed by atoms with Crippen LogP contribution in [0, 0.1) is 13.8 Å². The first-order valence-electron chi connectivity index (χ1n) is 7.78. The minimum absolute atomic E-state index is 0.232. The topological polar surface area (TPSA) is 55.1 Å². The van der Waals surface area contributed by atoms with E-state index in [0.717, 1.165) is 34.9 Å². The molecule has 3 rings (SSSR count). The minimum atomic E-state index is -4.40. The zero-order valence-electron chi connectivity index (χ0n) is 14.1. The van der Waals surface area contributed by atoms with Gasteiger partial charge in [0.05, 0.1) is 23.7 Å². The highest BCUT2D eigenvalue weighted by molar-refractivity contribution is 5.82. The number of anilines is 1. The second-order valence-corrected chi connectivity index (χ2v) is 5.67. The number of halogens is 3. The number of rotatable bonds is 4. The Balaban J connectivity index is 1.75. The summed E-state index contributed by atoms with van der Waals surface area (Å²) >= 11 is 0. The third kappa shape index (κ3) is 3.74. The molecule has 0 amide bonds. The summed E-state index contributed by atoms with van der Waals surface area (Å²) in [4.78, 5) is 7.83. The molecule has 0 radical (unpaired) electrons. The summed E-state index contributed by atoms with van der Waals surface area (Å²) in [6, 6.07) is 7.98. The number of aryl methyl sites for hydroxylation is 1. The maximum absolute atomic E-state index is 12.5. The van der Waals surface area contributed by atoms with Gasteiger partial charge in [-0.25, -0.2) is 4.98 Å². The van der Waals surface area contributed by atoms with Crippen molar-refractivity contribution in [3.63, 3.8) is 0 Å². The fourth-order valence-electron chi connectivity index (χ4n) is 2.60. The van der Waals surface area contributed by atoms with Gasteiger partial charge in [0.25, 0.3) is 0 Å². The molecule has 0 bridgehead atoms. The lowest BCUT2D eigenvalue weighted by molar-refractivity contribution is -0.137. The maximum Gasteiger partial charge on any atom is 0.417 e. The number of pyridine rings is 2. The first kappa shape index (κ1) is 17.7. The van der Waals surface area contributed by atoms with E-state index in [1.165, 1.54) is 6.07 Å². The average Bonchev–Trinajstić information content (AvgIpc) is 2.89. The van der Waals surface area contributed by atoms with Crippen LogP contribution in [0.4, 0.5) is 19.0 Å². The van der Waals surface area contributed by atoms with Crippen LogP contribution in [0.15, 0.2) is 54.0 Å². The maximum atomic E-state index is 12.5. The SMILES string of the molecule is Cc1cc(/C=N\Nc2ccc(C(F)(F)F)cn2)c(C)n1-c1cccnc1. The van der Waals surface area contributed by atoms with Crippen LogP contribution in [-0.4, -0.2) is 20.7 Å². The number of alkyl halides is 3. The lowest BCUT2D eigenvalue weighted by atomic mass is 10.2. The van der Waals surface area contributed by atoms with Gasteiger partial charge in [-0.1, -0.05) is 0 Å². The second-order valence-electron chi connectivity index (χ2n) is 5.67. The van der Waals surface area contributed by atoms with Gasteiger partial charge in [-0.05, 0) is 44.2 Å². The summed E-state index contributed by atoms with van der Waals surface area (Å²) in [5.41, 5.74) is 5.65. The van der Waals surface area contributed by atoms with Gasteiger partial charge in [0.1, 0.15) is 5.82 Å². The zero-order chi connectivity index (χ0) is 18.7. The van der Waals surface area contributed by atoms with Gasteiger partial charge in [-0.3, -0.25) is 10.4 Å². The summed E-state index contributed by atoms with van der Waals surface area (Å²) in [5.74, 6) is 0.232. The van der Waals surface area contributed by atoms with Crippen LogP contribution in [0.3, 0.4) is 0 Å². The molecule has 0 spiro atoms. The van der Waals surface area contributed by atoms with Gasteiger partial charge < -0.3 is 4.57 Å². The highest BCUT2D eigenvalue weighted by Crippen LogP contribution is 2.28. The van der Waals surface area contributed by atoms with Crippen molar-refractivity contribution in [2.45, 2.75) is 20.0 Å². The molecule has 0 aliphatic carbocycles. The molecular formula is C18H16F3N5. The Bertz CT molecular complexity index is 912. The van der Waals surface area contributed by atoms with E-state index in [2.05, 4.69) is 20.5 Å². The third-order valence-electron chi connectivity index (χ3n) is 3.85. The normalized spacial score (nSPS) is 11.9. The van der Waals surface area contributed by atoms with Crippen LogP contribution in [0.2, 0.25) is 0 Å². The van der Waals surface area contributed by atoms with Crippen molar-refractivity contribution in [3.8, 4) is 5.69 Å². The standard InChI is InChI=1S/C18H16F3N5/c1-12-8-14(13(2)26(12)16-4-3-7-22-11-16)9-24-25-17-6-5-15(10-23-17)18(19,20)21/h3-11H,1-2H3,(H,23,25)/b24-9-. The summed E-state index contributed by atoms with van der Waals surface area (Å²) in [7, 11) is 0. The number of nitrogens with one attached hydrogen (secondary N) is 1. The van der Waals surface area contributed by atoms with Crippen LogP contribution < -0.4 is 5.43 Å². The number of hydrogen-bond acceptors (Lipinski definition) is 4. The van der Waals surface area contributed by atoms with E-state index in [1.807, 2.05) is 36.6 Å². The Labute approximate surface area is 148 Å². The average molecular weight is 359 g/mol. The van der Waals surface area contributed by atoms with Crippen molar-refractivity contribution in [1.82, 2.24) is 14.5 Å². The predicted molar refractivity (Wildman–Crippen MR) is 93.5 cm³/mol. The molecule has 0 saturated carbocycles. The summed E-state index contributed by atoms with van der Waals surface area (Å²) in [6.07, 6.45) is 1.45. The molecule has 0 fully saturated rings. The van der Waals surface area contributed by atoms with Crippen LogP contribution >= 0.6 is 0 Å². The second kappa shape index (κ2) is 6.99. The quantitative estimate of drug-likeness (QED) is 0.557. The van der Waals surface area contributed by atoms with Crippen LogP contribution in [-0.2, 0) is 6.18 Å². The third-order valence-corrected chi connectivity index (χ3v) is 3.85. The van der Waals surface area contributed by atoms with Crippen molar-refractivity contribution in [2.75, 3.05) is 5.43 Å². The van der Waals surface area contributed by atoms with Gasteiger partial charge in [0, 0.05) is 29.3 Å². The smallest absolute Gasteiger partial charge is 0.316 e.